The number of nitrogens with zero attached hydrogens (tertiary/aromatic N) is 2. The fourth-order valence-corrected chi connectivity index (χ4v) is 3.12. The predicted molar refractivity (Wildman–Crippen MR) is 95.9 cm³/mol. The summed E-state index contributed by atoms with van der Waals surface area (Å²) in [6.45, 7) is 5.75. The van der Waals surface area contributed by atoms with Gasteiger partial charge in [0.1, 0.15) is 18.5 Å². The summed E-state index contributed by atoms with van der Waals surface area (Å²) in [7, 11) is 0. The molecule has 0 aliphatic carbocycles. The number of nitrogens with two attached hydrogens (primary N) is 1. The van der Waals surface area contributed by atoms with Crippen molar-refractivity contribution in [1.82, 2.24) is 4.98 Å². The predicted octanol–water partition coefficient (Wildman–Crippen LogP) is 2.24. The first-order valence-electron chi connectivity index (χ1n) is 8.29. The van der Waals surface area contributed by atoms with E-state index < -0.39 is 5.91 Å². The molecular weight excluding hydrogens is 318 g/mol. The molecule has 2 aromatic rings. The molecule has 1 saturated heterocycles. The van der Waals surface area contributed by atoms with Gasteiger partial charge in [-0.2, -0.15) is 0 Å². The number of benzene rings is 1. The number of amides is 1. The third-order valence-corrected chi connectivity index (χ3v) is 4.06. The molecule has 1 aliphatic heterocycles. The van der Waals surface area contributed by atoms with Crippen molar-refractivity contribution >= 4 is 11.6 Å². The van der Waals surface area contributed by atoms with Crippen LogP contribution in [0.3, 0.4) is 0 Å². The van der Waals surface area contributed by atoms with Crippen LogP contribution < -0.4 is 15.4 Å². The summed E-state index contributed by atoms with van der Waals surface area (Å²) in [5.74, 6) is 0.326. The molecule has 1 aromatic carbocycles. The van der Waals surface area contributed by atoms with Crippen molar-refractivity contribution in [3.05, 3.63) is 54.4 Å². The summed E-state index contributed by atoms with van der Waals surface area (Å²) in [4.78, 5) is 17.8. The quantitative estimate of drug-likeness (QED) is 0.902. The van der Waals surface area contributed by atoms with E-state index in [1.807, 2.05) is 50.2 Å². The topological polar surface area (TPSA) is 77.7 Å². The molecule has 1 aliphatic rings. The van der Waals surface area contributed by atoms with Gasteiger partial charge in [0.2, 0.25) is 0 Å². The molecule has 6 nitrogen and oxygen atoms in total. The van der Waals surface area contributed by atoms with Gasteiger partial charge < -0.3 is 20.1 Å². The zero-order chi connectivity index (χ0) is 17.9. The Labute approximate surface area is 147 Å². The van der Waals surface area contributed by atoms with Crippen molar-refractivity contribution in [3.63, 3.8) is 0 Å². The second-order valence-electron chi connectivity index (χ2n) is 6.76. The molecule has 0 bridgehead atoms. The average molecular weight is 341 g/mol. The van der Waals surface area contributed by atoms with E-state index in [0.29, 0.717) is 25.3 Å². The number of anilines is 1. The molecule has 2 N–H and O–H groups in total. The van der Waals surface area contributed by atoms with Gasteiger partial charge in [-0.3, -0.25) is 9.78 Å². The normalized spacial score (nSPS) is 19.4. The number of rotatable bonds is 5. The van der Waals surface area contributed by atoms with Crippen molar-refractivity contribution in [2.75, 3.05) is 24.6 Å². The maximum atomic E-state index is 11.7. The number of hydrogen-bond acceptors (Lipinski definition) is 5. The zero-order valence-corrected chi connectivity index (χ0v) is 14.5. The van der Waals surface area contributed by atoms with E-state index in [2.05, 4.69) is 9.88 Å². The van der Waals surface area contributed by atoms with E-state index in [9.17, 15) is 4.79 Å². The van der Waals surface area contributed by atoms with E-state index in [1.54, 1.807) is 6.20 Å². The van der Waals surface area contributed by atoms with E-state index in [4.69, 9.17) is 15.2 Å². The lowest BCUT2D eigenvalue weighted by Crippen LogP contribution is -2.54. The van der Waals surface area contributed by atoms with Crippen molar-refractivity contribution in [3.8, 4) is 5.75 Å². The number of pyridine rings is 1. The molecule has 1 aromatic heterocycles. The lowest BCUT2D eigenvalue weighted by Gasteiger charge is -2.44. The van der Waals surface area contributed by atoms with Crippen molar-refractivity contribution < 1.29 is 14.3 Å². The summed E-state index contributed by atoms with van der Waals surface area (Å²) in [6.07, 6.45) is 3.05. The highest BCUT2D eigenvalue weighted by Crippen LogP contribution is 2.28. The minimum absolute atomic E-state index is 0.127. The zero-order valence-electron chi connectivity index (χ0n) is 14.5. The molecule has 1 fully saturated rings. The van der Waals surface area contributed by atoms with Crippen LogP contribution in [0, 0.1) is 0 Å². The Kier molecular flexibility index (Phi) is 4.90. The number of morpholine rings is 1. The molecule has 0 spiro atoms. The van der Waals surface area contributed by atoms with E-state index in [1.165, 1.54) is 6.20 Å². The molecule has 0 radical (unpaired) electrons. The van der Waals surface area contributed by atoms with Crippen molar-refractivity contribution in [1.29, 1.82) is 0 Å². The van der Waals surface area contributed by atoms with Gasteiger partial charge in [-0.05, 0) is 32.0 Å². The lowest BCUT2D eigenvalue weighted by molar-refractivity contribution is -0.0970. The van der Waals surface area contributed by atoms with Gasteiger partial charge in [0.05, 0.1) is 16.9 Å². The molecule has 0 unspecified atom stereocenters. The van der Waals surface area contributed by atoms with E-state index in [-0.39, 0.29) is 11.7 Å². The fourth-order valence-electron chi connectivity index (χ4n) is 3.12. The van der Waals surface area contributed by atoms with E-state index in [0.717, 1.165) is 11.4 Å². The highest BCUT2D eigenvalue weighted by atomic mass is 16.5. The molecule has 6 heteroatoms. The Balaban J connectivity index is 1.76. The van der Waals surface area contributed by atoms with Gasteiger partial charge in [0.15, 0.2) is 0 Å². The Morgan fingerprint density at radius 1 is 1.36 bits per heavy atom. The van der Waals surface area contributed by atoms with E-state index >= 15 is 0 Å². The van der Waals surface area contributed by atoms with Crippen LogP contribution in [0.1, 0.15) is 24.2 Å². The smallest absolute Gasteiger partial charge is 0.252 e. The molecule has 132 valence electrons. The number of carbonyl (C=O) groups excluding carboxylic acids is 1. The van der Waals surface area contributed by atoms with Crippen LogP contribution in [-0.4, -0.2) is 42.3 Å². The Morgan fingerprint density at radius 3 is 2.84 bits per heavy atom. The van der Waals surface area contributed by atoms with Crippen molar-refractivity contribution in [2.45, 2.75) is 25.6 Å². The van der Waals surface area contributed by atoms with Gasteiger partial charge in [0, 0.05) is 25.5 Å². The number of primary amides is 1. The van der Waals surface area contributed by atoms with Gasteiger partial charge in [-0.25, -0.2) is 0 Å². The van der Waals surface area contributed by atoms with Gasteiger partial charge in [-0.15, -0.1) is 0 Å². The van der Waals surface area contributed by atoms with Crippen LogP contribution in [0.2, 0.25) is 0 Å². The van der Waals surface area contributed by atoms with Gasteiger partial charge in [-0.1, -0.05) is 18.2 Å². The van der Waals surface area contributed by atoms with Crippen LogP contribution in [-0.2, 0) is 4.74 Å². The Bertz CT molecular complexity index is 734. The maximum absolute atomic E-state index is 11.7. The van der Waals surface area contributed by atoms with Crippen LogP contribution in [0.15, 0.2) is 48.8 Å². The first-order chi connectivity index (χ1) is 11.9. The molecule has 1 amide bonds. The number of hydrogen-bond donors (Lipinski definition) is 1. The maximum Gasteiger partial charge on any atom is 0.252 e. The van der Waals surface area contributed by atoms with Crippen molar-refractivity contribution in [2.24, 2.45) is 5.73 Å². The molecule has 1 atom stereocenters. The molecule has 0 saturated carbocycles. The fraction of sp³-hybridized carbons (Fsp3) is 0.368. The number of ether oxygens (including phenoxy) is 2. The number of carbonyl (C=O) groups is 1. The minimum atomic E-state index is -0.482. The lowest BCUT2D eigenvalue weighted by atomic mass is 10.0. The second kappa shape index (κ2) is 7.11. The highest BCUT2D eigenvalue weighted by Gasteiger charge is 2.35. The summed E-state index contributed by atoms with van der Waals surface area (Å²) >= 11 is 0. The third-order valence-electron chi connectivity index (χ3n) is 4.06. The van der Waals surface area contributed by atoms with Gasteiger partial charge in [0.25, 0.3) is 5.91 Å². The minimum Gasteiger partial charge on any atom is -0.491 e. The Morgan fingerprint density at radius 2 is 2.12 bits per heavy atom. The summed E-state index contributed by atoms with van der Waals surface area (Å²) in [6, 6.07) is 11.5. The number of para-hydroxylation sites is 1. The summed E-state index contributed by atoms with van der Waals surface area (Å²) in [5.41, 5.74) is 6.32. The van der Waals surface area contributed by atoms with Crippen LogP contribution in [0.4, 0.5) is 5.69 Å². The first-order valence-corrected chi connectivity index (χ1v) is 8.29. The Hall–Kier alpha value is -2.60. The molecule has 3 rings (SSSR count). The van der Waals surface area contributed by atoms with Crippen LogP contribution >= 0.6 is 0 Å². The second-order valence-corrected chi connectivity index (χ2v) is 6.76. The average Bonchev–Trinajstić information content (AvgIpc) is 2.59. The SMILES string of the molecule is CC1(C)CN(c2ccncc2C(N)=O)C[C@H](COc2ccccc2)O1. The monoisotopic (exact) mass is 341 g/mol. The van der Waals surface area contributed by atoms with Crippen LogP contribution in [0.5, 0.6) is 5.75 Å². The summed E-state index contributed by atoms with van der Waals surface area (Å²) in [5, 5.41) is 0. The number of aromatic nitrogens is 1. The van der Waals surface area contributed by atoms with Crippen LogP contribution in [0.25, 0.3) is 0 Å². The molecule has 2 heterocycles. The molecular formula is C19H23N3O3. The summed E-state index contributed by atoms with van der Waals surface area (Å²) < 4.78 is 12.0. The molecule has 25 heavy (non-hydrogen) atoms. The standard InChI is InChI=1S/C19H23N3O3/c1-19(2)13-22(17-8-9-21-10-16(17)18(20)23)11-15(25-19)12-24-14-6-4-3-5-7-14/h3-10,15H,11-13H2,1-2H3,(H2,20,23)/t15-/m1/s1. The third kappa shape index (κ3) is 4.28. The highest BCUT2D eigenvalue weighted by molar-refractivity contribution is 5.98. The first kappa shape index (κ1) is 17.2. The largest absolute Gasteiger partial charge is 0.491 e. The van der Waals surface area contributed by atoms with Gasteiger partial charge >= 0.3 is 0 Å².